The molecule has 2 aromatic rings. The minimum atomic E-state index is -1.25. The van der Waals surface area contributed by atoms with Crippen LogP contribution < -0.4 is 5.56 Å². The molecular formula is C24H29N3O3. The normalized spacial score (nSPS) is 30.7. The topological polar surface area (TPSA) is 75.4 Å². The summed E-state index contributed by atoms with van der Waals surface area (Å²) >= 11 is 0. The van der Waals surface area contributed by atoms with Crippen molar-refractivity contribution in [2.24, 2.45) is 0 Å². The van der Waals surface area contributed by atoms with Crippen molar-refractivity contribution in [3.05, 3.63) is 52.5 Å². The monoisotopic (exact) mass is 407 g/mol. The molecule has 1 aromatic carbocycles. The highest BCUT2D eigenvalue weighted by Crippen LogP contribution is 2.43. The fourth-order valence-electron chi connectivity index (χ4n) is 5.98. The molecule has 1 aromatic heterocycles. The number of hydrogen-bond donors (Lipinski definition) is 1. The second-order valence-electron chi connectivity index (χ2n) is 9.02. The van der Waals surface area contributed by atoms with E-state index in [4.69, 9.17) is 0 Å². The van der Waals surface area contributed by atoms with Crippen LogP contribution in [0.2, 0.25) is 0 Å². The molecule has 2 saturated heterocycles. The molecule has 1 aliphatic carbocycles. The first-order valence-electron chi connectivity index (χ1n) is 11.3. The minimum absolute atomic E-state index is 0.0229. The lowest BCUT2D eigenvalue weighted by atomic mass is 9.92. The highest BCUT2D eigenvalue weighted by atomic mass is 16.4. The van der Waals surface area contributed by atoms with Crippen LogP contribution in [0.15, 0.2) is 41.2 Å². The number of para-hydroxylation sites is 2. The van der Waals surface area contributed by atoms with Crippen molar-refractivity contribution in [2.75, 3.05) is 0 Å². The summed E-state index contributed by atoms with van der Waals surface area (Å²) in [7, 11) is 0. The van der Waals surface area contributed by atoms with Crippen LogP contribution in [0.5, 0.6) is 0 Å². The number of aromatic carboxylic acids is 1. The Morgan fingerprint density at radius 3 is 2.53 bits per heavy atom. The Kier molecular flexibility index (Phi) is 5.19. The lowest BCUT2D eigenvalue weighted by Crippen LogP contribution is -2.49. The van der Waals surface area contributed by atoms with Gasteiger partial charge in [-0.15, -0.1) is 0 Å². The summed E-state index contributed by atoms with van der Waals surface area (Å²) in [5.41, 5.74) is 0.486. The van der Waals surface area contributed by atoms with Crippen LogP contribution in [0, 0.1) is 0 Å². The molecule has 6 heteroatoms. The zero-order valence-electron chi connectivity index (χ0n) is 17.2. The molecule has 3 heterocycles. The second-order valence-corrected chi connectivity index (χ2v) is 9.02. The number of nitrogens with zero attached hydrogens (tertiary/aromatic N) is 3. The highest BCUT2D eigenvalue weighted by molar-refractivity contribution is 5.88. The van der Waals surface area contributed by atoms with Gasteiger partial charge in [-0.2, -0.15) is 0 Å². The van der Waals surface area contributed by atoms with Crippen LogP contribution in [-0.2, 0) is 0 Å². The van der Waals surface area contributed by atoms with E-state index in [0.29, 0.717) is 23.6 Å². The van der Waals surface area contributed by atoms with E-state index in [-0.39, 0.29) is 11.7 Å². The Morgan fingerprint density at radius 1 is 1.00 bits per heavy atom. The Hall–Kier alpha value is -2.47. The second kappa shape index (κ2) is 7.99. The number of fused-ring (bicyclic) bond motifs is 3. The van der Waals surface area contributed by atoms with Gasteiger partial charge >= 0.3 is 5.97 Å². The van der Waals surface area contributed by atoms with E-state index in [1.54, 1.807) is 10.6 Å². The fourth-order valence-corrected chi connectivity index (χ4v) is 5.98. The number of aromatic nitrogens is 2. The van der Waals surface area contributed by atoms with Crippen molar-refractivity contribution < 1.29 is 9.90 Å². The molecule has 2 fully saturated rings. The Balaban J connectivity index is 1.50. The Morgan fingerprint density at radius 2 is 1.77 bits per heavy atom. The molecule has 2 bridgehead atoms. The molecule has 6 nitrogen and oxygen atoms in total. The molecule has 0 radical (unpaired) electrons. The molecule has 158 valence electrons. The maximum absolute atomic E-state index is 13.1. The summed E-state index contributed by atoms with van der Waals surface area (Å²) in [4.78, 5) is 31.6. The van der Waals surface area contributed by atoms with Crippen LogP contribution in [0.1, 0.15) is 74.3 Å². The van der Waals surface area contributed by atoms with Crippen molar-refractivity contribution in [3.63, 3.8) is 0 Å². The summed E-state index contributed by atoms with van der Waals surface area (Å²) in [5, 5.41) is 9.53. The average Bonchev–Trinajstić information content (AvgIpc) is 2.96. The summed E-state index contributed by atoms with van der Waals surface area (Å²) in [6.45, 7) is 0. The SMILES string of the molecule is O=C(O)c1nc2ccccc2n(C2C[C@H]3CC[C@@H](C2)N3C2/C=C\CCCCC2)c1=O. The van der Waals surface area contributed by atoms with Gasteiger partial charge in [-0.1, -0.05) is 37.1 Å². The third kappa shape index (κ3) is 3.37. The fraction of sp³-hybridized carbons (Fsp3) is 0.542. The molecule has 30 heavy (non-hydrogen) atoms. The summed E-state index contributed by atoms with van der Waals surface area (Å²) in [5.74, 6) is -1.25. The zero-order chi connectivity index (χ0) is 20.7. The third-order valence-electron chi connectivity index (χ3n) is 7.24. The van der Waals surface area contributed by atoms with E-state index >= 15 is 0 Å². The van der Waals surface area contributed by atoms with Crippen LogP contribution in [-0.4, -0.2) is 43.7 Å². The van der Waals surface area contributed by atoms with Crippen molar-refractivity contribution in [2.45, 2.75) is 82.0 Å². The first-order chi connectivity index (χ1) is 14.6. The molecule has 0 spiro atoms. The van der Waals surface area contributed by atoms with E-state index in [1.807, 2.05) is 18.2 Å². The smallest absolute Gasteiger partial charge is 0.360 e. The van der Waals surface area contributed by atoms with Gasteiger partial charge in [-0.25, -0.2) is 9.78 Å². The van der Waals surface area contributed by atoms with Gasteiger partial charge in [-0.05, 0) is 57.1 Å². The van der Waals surface area contributed by atoms with Crippen molar-refractivity contribution in [1.82, 2.24) is 14.5 Å². The quantitative estimate of drug-likeness (QED) is 0.774. The number of piperidine rings is 1. The average molecular weight is 408 g/mol. The van der Waals surface area contributed by atoms with Gasteiger partial charge < -0.3 is 9.67 Å². The van der Waals surface area contributed by atoms with Gasteiger partial charge in [0.15, 0.2) is 0 Å². The molecule has 2 aliphatic heterocycles. The molecule has 3 aliphatic rings. The predicted molar refractivity (Wildman–Crippen MR) is 116 cm³/mol. The standard InChI is InChI=1S/C24H29N3O3/c28-23-22(24(29)30)25-20-10-6-7-11-21(20)27(23)19-14-17-12-13-18(15-19)26(17)16-8-4-2-1-3-5-9-16/h4,6-8,10-11,16-19H,1-3,5,9,12-15H2,(H,29,30)/b8-4-/t16?,17-,18+,19?. The number of benzene rings is 1. The Labute approximate surface area is 176 Å². The van der Waals surface area contributed by atoms with Crippen LogP contribution in [0.3, 0.4) is 0 Å². The lowest BCUT2D eigenvalue weighted by molar-refractivity contribution is 0.0680. The molecule has 4 atom stereocenters. The molecule has 0 amide bonds. The molecule has 5 rings (SSSR count). The number of carboxylic acids is 1. The first kappa shape index (κ1) is 19.5. The van der Waals surface area contributed by atoms with E-state index in [9.17, 15) is 14.7 Å². The van der Waals surface area contributed by atoms with Gasteiger partial charge in [0.25, 0.3) is 5.56 Å². The van der Waals surface area contributed by atoms with Crippen LogP contribution in [0.4, 0.5) is 0 Å². The van der Waals surface area contributed by atoms with Crippen molar-refractivity contribution >= 4 is 17.0 Å². The maximum Gasteiger partial charge on any atom is 0.360 e. The van der Waals surface area contributed by atoms with Gasteiger partial charge in [0, 0.05) is 24.2 Å². The van der Waals surface area contributed by atoms with Gasteiger partial charge in [0.2, 0.25) is 5.69 Å². The Bertz CT molecular complexity index is 1030. The highest BCUT2D eigenvalue weighted by Gasteiger charge is 2.44. The molecule has 0 saturated carbocycles. The maximum atomic E-state index is 13.1. The van der Waals surface area contributed by atoms with E-state index < -0.39 is 11.5 Å². The number of carboxylic acid groups (broad SMARTS) is 1. The first-order valence-corrected chi connectivity index (χ1v) is 11.3. The van der Waals surface area contributed by atoms with Crippen LogP contribution >= 0.6 is 0 Å². The van der Waals surface area contributed by atoms with Gasteiger partial charge in [-0.3, -0.25) is 9.69 Å². The molecule has 2 unspecified atom stereocenters. The lowest BCUT2D eigenvalue weighted by Gasteiger charge is -2.43. The van der Waals surface area contributed by atoms with Crippen molar-refractivity contribution in [3.8, 4) is 0 Å². The number of hydrogen-bond acceptors (Lipinski definition) is 4. The van der Waals surface area contributed by atoms with Crippen molar-refractivity contribution in [1.29, 1.82) is 0 Å². The largest absolute Gasteiger partial charge is 0.476 e. The zero-order valence-corrected chi connectivity index (χ0v) is 17.2. The summed E-state index contributed by atoms with van der Waals surface area (Å²) in [6, 6.07) is 8.85. The number of allylic oxidation sites excluding steroid dienone is 1. The van der Waals surface area contributed by atoms with E-state index in [2.05, 4.69) is 22.0 Å². The van der Waals surface area contributed by atoms with Gasteiger partial charge in [0.1, 0.15) is 0 Å². The van der Waals surface area contributed by atoms with Gasteiger partial charge in [0.05, 0.1) is 11.0 Å². The van der Waals surface area contributed by atoms with E-state index in [1.165, 1.54) is 32.1 Å². The number of rotatable bonds is 3. The predicted octanol–water partition coefficient (Wildman–Crippen LogP) is 4.15. The number of carbonyl (C=O) groups is 1. The third-order valence-corrected chi connectivity index (χ3v) is 7.24. The van der Waals surface area contributed by atoms with E-state index in [0.717, 1.165) is 31.2 Å². The van der Waals surface area contributed by atoms with Crippen LogP contribution in [0.25, 0.3) is 11.0 Å². The summed E-state index contributed by atoms with van der Waals surface area (Å²) < 4.78 is 1.74. The minimum Gasteiger partial charge on any atom is -0.476 e. The molecular weight excluding hydrogens is 378 g/mol. The molecule has 1 N–H and O–H groups in total. The summed E-state index contributed by atoms with van der Waals surface area (Å²) in [6.07, 6.45) is 15.2.